The van der Waals surface area contributed by atoms with Crippen molar-refractivity contribution in [3.05, 3.63) is 69.3 Å². The first-order valence-electron chi connectivity index (χ1n) is 14.2. The molecular formula is C32H38F4O. The van der Waals surface area contributed by atoms with Gasteiger partial charge in [0, 0.05) is 16.7 Å². The number of fused-ring (bicyclic) bond motifs is 3. The van der Waals surface area contributed by atoms with Gasteiger partial charge < -0.3 is 4.74 Å². The van der Waals surface area contributed by atoms with E-state index in [2.05, 4.69) is 13.0 Å². The van der Waals surface area contributed by atoms with E-state index in [9.17, 15) is 8.78 Å². The molecule has 2 aromatic carbocycles. The molecule has 1 atom stereocenters. The van der Waals surface area contributed by atoms with Crippen molar-refractivity contribution in [2.45, 2.75) is 97.0 Å². The SMILES string of the molecule is CCCCCC1CCC(C2=CCC(c3cc4c(c(F)c3F)-c3c(cc(CCC)c(F)c3F)C4)OC2)CC1. The number of benzene rings is 2. The highest BCUT2D eigenvalue weighted by atomic mass is 19.2. The van der Waals surface area contributed by atoms with Crippen LogP contribution in [-0.4, -0.2) is 6.61 Å². The molecule has 0 N–H and O–H groups in total. The van der Waals surface area contributed by atoms with Crippen LogP contribution in [0.4, 0.5) is 17.6 Å². The third-order valence-corrected chi connectivity index (χ3v) is 8.81. The summed E-state index contributed by atoms with van der Waals surface area (Å²) in [6, 6.07) is 3.22. The highest BCUT2D eigenvalue weighted by molar-refractivity contribution is 5.79. The molecule has 3 aliphatic rings. The van der Waals surface area contributed by atoms with E-state index in [0.717, 1.165) is 5.92 Å². The Kier molecular flexibility index (Phi) is 8.09. The molecule has 0 bridgehead atoms. The predicted molar refractivity (Wildman–Crippen MR) is 139 cm³/mol. The Morgan fingerprint density at radius 1 is 0.811 bits per heavy atom. The molecule has 5 heteroatoms. The summed E-state index contributed by atoms with van der Waals surface area (Å²) in [5.41, 5.74) is 2.49. The maximum atomic E-state index is 15.3. The second-order valence-electron chi connectivity index (χ2n) is 11.3. The molecule has 0 saturated heterocycles. The summed E-state index contributed by atoms with van der Waals surface area (Å²) < 4.78 is 66.3. The van der Waals surface area contributed by atoms with Crippen molar-refractivity contribution in [3.8, 4) is 11.1 Å². The van der Waals surface area contributed by atoms with Gasteiger partial charge in [-0.25, -0.2) is 17.6 Å². The van der Waals surface area contributed by atoms with Gasteiger partial charge in [-0.05, 0) is 85.1 Å². The second kappa shape index (κ2) is 11.3. The maximum absolute atomic E-state index is 15.3. The molecule has 0 aromatic heterocycles. The number of rotatable bonds is 8. The zero-order valence-corrected chi connectivity index (χ0v) is 22.1. The maximum Gasteiger partial charge on any atom is 0.167 e. The van der Waals surface area contributed by atoms with Crippen LogP contribution < -0.4 is 0 Å². The van der Waals surface area contributed by atoms with Crippen LogP contribution in [0.15, 0.2) is 23.8 Å². The van der Waals surface area contributed by atoms with Gasteiger partial charge in [-0.1, -0.05) is 58.1 Å². The third kappa shape index (κ3) is 5.13. The van der Waals surface area contributed by atoms with Crippen LogP contribution in [0.2, 0.25) is 0 Å². The smallest absolute Gasteiger partial charge is 0.167 e. The van der Waals surface area contributed by atoms with E-state index in [0.29, 0.717) is 42.9 Å². The number of halogens is 4. The lowest BCUT2D eigenvalue weighted by molar-refractivity contribution is 0.0506. The number of aryl methyl sites for hydroxylation is 1. The Labute approximate surface area is 218 Å². The van der Waals surface area contributed by atoms with Crippen molar-refractivity contribution in [2.24, 2.45) is 11.8 Å². The van der Waals surface area contributed by atoms with Crippen molar-refractivity contribution in [1.29, 1.82) is 0 Å². The number of hydrogen-bond donors (Lipinski definition) is 0. The molecule has 1 nitrogen and oxygen atoms in total. The van der Waals surface area contributed by atoms with E-state index in [-0.39, 0.29) is 28.7 Å². The molecule has 0 amide bonds. The fourth-order valence-corrected chi connectivity index (χ4v) is 6.74. The first-order valence-corrected chi connectivity index (χ1v) is 14.2. The van der Waals surface area contributed by atoms with Crippen molar-refractivity contribution < 1.29 is 22.3 Å². The molecule has 0 spiro atoms. The van der Waals surface area contributed by atoms with Crippen molar-refractivity contribution in [3.63, 3.8) is 0 Å². The minimum Gasteiger partial charge on any atom is -0.369 e. The van der Waals surface area contributed by atoms with E-state index < -0.39 is 29.4 Å². The van der Waals surface area contributed by atoms with Gasteiger partial charge in [0.2, 0.25) is 0 Å². The second-order valence-corrected chi connectivity index (χ2v) is 11.3. The number of unbranched alkanes of at least 4 members (excludes halogenated alkanes) is 2. The lowest BCUT2D eigenvalue weighted by atomic mass is 9.76. The average molecular weight is 515 g/mol. The van der Waals surface area contributed by atoms with Gasteiger partial charge in [0.05, 0.1) is 12.7 Å². The van der Waals surface area contributed by atoms with E-state index >= 15 is 8.78 Å². The van der Waals surface area contributed by atoms with E-state index in [1.54, 1.807) is 12.1 Å². The molecule has 200 valence electrons. The Balaban J connectivity index is 1.31. The molecule has 1 saturated carbocycles. The highest BCUT2D eigenvalue weighted by Gasteiger charge is 2.34. The fraction of sp³-hybridized carbons (Fsp3) is 0.562. The topological polar surface area (TPSA) is 9.23 Å². The zero-order chi connectivity index (χ0) is 26.1. The first-order chi connectivity index (χ1) is 17.9. The standard InChI is InChI=1S/C32H38F4O/c1-3-5-6-8-19-9-11-20(12-10-19)22-13-14-26(37-18-22)25-17-24-16-23-15-21(7-4-2)29(33)31(35)27(23)28(24)32(36)30(25)34/h13,15,17,19-20,26H,3-12,14,16,18H2,1-2H3. The summed E-state index contributed by atoms with van der Waals surface area (Å²) in [5.74, 6) is -2.79. The molecule has 2 aromatic rings. The molecule has 5 rings (SSSR count). The van der Waals surface area contributed by atoms with Crippen LogP contribution in [0.1, 0.15) is 106 Å². The zero-order valence-electron chi connectivity index (χ0n) is 22.1. The Bertz CT molecular complexity index is 1180. The average Bonchev–Trinajstić information content (AvgIpc) is 3.28. The molecule has 2 aliphatic carbocycles. The lowest BCUT2D eigenvalue weighted by Crippen LogP contribution is -2.22. The summed E-state index contributed by atoms with van der Waals surface area (Å²) >= 11 is 0. The van der Waals surface area contributed by atoms with Crippen LogP contribution in [0.5, 0.6) is 0 Å². The van der Waals surface area contributed by atoms with E-state index in [1.165, 1.54) is 56.9 Å². The Morgan fingerprint density at radius 2 is 1.51 bits per heavy atom. The van der Waals surface area contributed by atoms with Crippen LogP contribution >= 0.6 is 0 Å². The molecule has 1 heterocycles. The summed E-state index contributed by atoms with van der Waals surface area (Å²) in [5, 5.41) is 0. The van der Waals surface area contributed by atoms with Crippen LogP contribution in [0.3, 0.4) is 0 Å². The van der Waals surface area contributed by atoms with E-state index in [1.807, 2.05) is 6.92 Å². The van der Waals surface area contributed by atoms with Gasteiger partial charge in [0.15, 0.2) is 23.3 Å². The summed E-state index contributed by atoms with van der Waals surface area (Å²) in [6.45, 7) is 4.57. The normalized spacial score (nSPS) is 23.1. The van der Waals surface area contributed by atoms with Gasteiger partial charge in [0.1, 0.15) is 0 Å². The van der Waals surface area contributed by atoms with E-state index in [4.69, 9.17) is 4.74 Å². The Hall–Kier alpha value is -2.14. The lowest BCUT2D eigenvalue weighted by Gasteiger charge is -2.33. The monoisotopic (exact) mass is 514 g/mol. The van der Waals surface area contributed by atoms with Crippen molar-refractivity contribution >= 4 is 0 Å². The van der Waals surface area contributed by atoms with Gasteiger partial charge >= 0.3 is 0 Å². The van der Waals surface area contributed by atoms with Gasteiger partial charge in [-0.15, -0.1) is 0 Å². The van der Waals surface area contributed by atoms with Crippen LogP contribution in [-0.2, 0) is 17.6 Å². The quantitative estimate of drug-likeness (QED) is 0.165. The molecular weight excluding hydrogens is 476 g/mol. The first kappa shape index (κ1) is 26.5. The minimum atomic E-state index is -1.10. The number of hydrogen-bond acceptors (Lipinski definition) is 1. The largest absolute Gasteiger partial charge is 0.369 e. The van der Waals surface area contributed by atoms with Gasteiger partial charge in [-0.3, -0.25) is 0 Å². The summed E-state index contributed by atoms with van der Waals surface area (Å²) in [7, 11) is 0. The summed E-state index contributed by atoms with van der Waals surface area (Å²) in [4.78, 5) is 0. The number of ether oxygens (including phenoxy) is 1. The fourth-order valence-electron chi connectivity index (χ4n) is 6.74. The molecule has 37 heavy (non-hydrogen) atoms. The Morgan fingerprint density at radius 3 is 2.16 bits per heavy atom. The van der Waals surface area contributed by atoms with Crippen molar-refractivity contribution in [2.75, 3.05) is 6.61 Å². The van der Waals surface area contributed by atoms with Gasteiger partial charge in [-0.2, -0.15) is 0 Å². The molecule has 1 aliphatic heterocycles. The van der Waals surface area contributed by atoms with Crippen LogP contribution in [0.25, 0.3) is 11.1 Å². The summed E-state index contributed by atoms with van der Waals surface area (Å²) in [6.07, 6.45) is 13.6. The van der Waals surface area contributed by atoms with Crippen LogP contribution in [0, 0.1) is 35.1 Å². The molecule has 1 unspecified atom stereocenters. The highest BCUT2D eigenvalue weighted by Crippen LogP contribution is 2.46. The molecule has 0 radical (unpaired) electrons. The molecule has 1 fully saturated rings. The van der Waals surface area contributed by atoms with Crippen molar-refractivity contribution in [1.82, 2.24) is 0 Å². The third-order valence-electron chi connectivity index (χ3n) is 8.81. The predicted octanol–water partition coefficient (Wildman–Crippen LogP) is 9.54. The van der Waals surface area contributed by atoms with Gasteiger partial charge in [0.25, 0.3) is 0 Å². The minimum absolute atomic E-state index is 0.132.